The summed E-state index contributed by atoms with van der Waals surface area (Å²) in [5.74, 6) is 0. The average molecular weight is 331 g/mol. The number of hydrogen-bond acceptors (Lipinski definition) is 1. The number of aryl methyl sites for hydroxylation is 1. The van der Waals surface area contributed by atoms with Crippen molar-refractivity contribution in [1.82, 2.24) is 0 Å². The van der Waals surface area contributed by atoms with Gasteiger partial charge in [-0.05, 0) is 31.4 Å². The molecule has 0 saturated carbocycles. The number of piperidine rings is 2. The van der Waals surface area contributed by atoms with Crippen LogP contribution in [0.5, 0.6) is 0 Å². The summed E-state index contributed by atoms with van der Waals surface area (Å²) in [6, 6.07) is 8.97. The zero-order valence-electron chi connectivity index (χ0n) is 15.6. The van der Waals surface area contributed by atoms with Gasteiger partial charge < -0.3 is 5.11 Å². The highest BCUT2D eigenvalue weighted by Gasteiger charge is 2.70. The second-order valence-electron chi connectivity index (χ2n) is 8.94. The fraction of sp³-hybridized carbons (Fsp3) is 0.714. The number of rotatable bonds is 5. The SMILES string of the molecule is CCCC12C[NH+]3CC(CCC)(C[NH+](C1)C3c1ccccc1C)C2O. The molecule has 4 heterocycles. The third-order valence-electron chi connectivity index (χ3n) is 7.29. The van der Waals surface area contributed by atoms with Gasteiger partial charge in [-0.25, -0.2) is 0 Å². The summed E-state index contributed by atoms with van der Waals surface area (Å²) in [5, 5.41) is 11.4. The van der Waals surface area contributed by atoms with Crippen molar-refractivity contribution in [3.05, 3.63) is 35.4 Å². The second-order valence-corrected chi connectivity index (χ2v) is 8.94. The summed E-state index contributed by atoms with van der Waals surface area (Å²) in [6.45, 7) is 11.5. The molecule has 4 bridgehead atoms. The number of hydrogen-bond donors (Lipinski definition) is 3. The van der Waals surface area contributed by atoms with E-state index in [9.17, 15) is 5.11 Å². The normalized spacial score (nSPS) is 43.3. The molecular weight excluding hydrogens is 296 g/mol. The minimum absolute atomic E-state index is 0.0878. The molecule has 4 aliphatic heterocycles. The summed E-state index contributed by atoms with van der Waals surface area (Å²) < 4.78 is 0. The van der Waals surface area contributed by atoms with E-state index in [0.717, 1.165) is 26.2 Å². The van der Waals surface area contributed by atoms with Crippen molar-refractivity contribution in [2.24, 2.45) is 10.8 Å². The fourth-order valence-electron chi connectivity index (χ4n) is 6.77. The van der Waals surface area contributed by atoms with Crippen molar-refractivity contribution < 1.29 is 14.9 Å². The lowest BCUT2D eigenvalue weighted by molar-refractivity contribution is -1.19. The van der Waals surface area contributed by atoms with Crippen LogP contribution in [0.3, 0.4) is 0 Å². The Balaban J connectivity index is 1.74. The summed E-state index contributed by atoms with van der Waals surface area (Å²) in [5.41, 5.74) is 3.29. The second kappa shape index (κ2) is 5.82. The average Bonchev–Trinajstić information content (AvgIpc) is 2.53. The topological polar surface area (TPSA) is 29.1 Å². The summed E-state index contributed by atoms with van der Waals surface area (Å²) in [7, 11) is 0. The minimum atomic E-state index is -0.0878. The number of benzene rings is 1. The molecule has 4 fully saturated rings. The molecule has 3 nitrogen and oxygen atoms in total. The first-order chi connectivity index (χ1) is 11.6. The fourth-order valence-corrected chi connectivity index (χ4v) is 6.77. The highest BCUT2D eigenvalue weighted by molar-refractivity contribution is 5.27. The van der Waals surface area contributed by atoms with Crippen molar-refractivity contribution in [2.45, 2.75) is 58.7 Å². The van der Waals surface area contributed by atoms with Gasteiger partial charge in [0.15, 0.2) is 0 Å². The van der Waals surface area contributed by atoms with Gasteiger partial charge in [-0.15, -0.1) is 0 Å². The van der Waals surface area contributed by atoms with E-state index in [0.29, 0.717) is 6.17 Å². The molecule has 4 saturated heterocycles. The number of aliphatic hydroxyl groups excluding tert-OH is 1. The Morgan fingerprint density at radius 3 is 1.92 bits per heavy atom. The third kappa shape index (κ3) is 2.21. The molecule has 3 N–H and O–H groups in total. The molecule has 0 amide bonds. The van der Waals surface area contributed by atoms with Crippen LogP contribution < -0.4 is 9.80 Å². The van der Waals surface area contributed by atoms with E-state index in [-0.39, 0.29) is 16.9 Å². The van der Waals surface area contributed by atoms with Crippen molar-refractivity contribution in [2.75, 3.05) is 26.2 Å². The number of quaternary nitrogens is 2. The van der Waals surface area contributed by atoms with Gasteiger partial charge in [-0.3, -0.25) is 9.80 Å². The van der Waals surface area contributed by atoms with Crippen molar-refractivity contribution in [1.29, 1.82) is 0 Å². The standard InChI is InChI=1S/C21H32N2O/c1-4-10-20-12-22-14-21(11-5-2,19(20)24)15-23(13-20)18(22)17-9-7-6-8-16(17)3/h6-9,18-19,24H,4-5,10-15H2,1-3H3/p+2. The molecule has 3 heteroatoms. The lowest BCUT2D eigenvalue weighted by Crippen LogP contribution is -3.41. The van der Waals surface area contributed by atoms with E-state index < -0.39 is 0 Å². The summed E-state index contributed by atoms with van der Waals surface area (Å²) >= 11 is 0. The van der Waals surface area contributed by atoms with Gasteiger partial charge in [-0.2, -0.15) is 0 Å². The predicted octanol–water partition coefficient (Wildman–Crippen LogP) is 0.738. The van der Waals surface area contributed by atoms with E-state index in [4.69, 9.17) is 0 Å². The molecule has 24 heavy (non-hydrogen) atoms. The van der Waals surface area contributed by atoms with Crippen LogP contribution in [0.25, 0.3) is 0 Å². The van der Waals surface area contributed by atoms with Gasteiger partial charge >= 0.3 is 0 Å². The molecule has 0 unspecified atom stereocenters. The van der Waals surface area contributed by atoms with Gasteiger partial charge in [0, 0.05) is 0 Å². The number of aliphatic hydroxyl groups is 1. The first kappa shape index (κ1) is 16.6. The Bertz CT molecular complexity index is 572. The maximum absolute atomic E-state index is 11.4. The Labute approximate surface area is 146 Å². The van der Waals surface area contributed by atoms with Crippen molar-refractivity contribution in [3.63, 3.8) is 0 Å². The molecule has 0 aromatic heterocycles. The highest BCUT2D eigenvalue weighted by Crippen LogP contribution is 2.45. The van der Waals surface area contributed by atoms with Gasteiger partial charge in [0.2, 0.25) is 6.17 Å². The maximum atomic E-state index is 11.4. The van der Waals surface area contributed by atoms with Crippen LogP contribution >= 0.6 is 0 Å². The van der Waals surface area contributed by atoms with Crippen molar-refractivity contribution in [3.8, 4) is 0 Å². The quantitative estimate of drug-likeness (QED) is 0.730. The largest absolute Gasteiger partial charge is 0.391 e. The van der Waals surface area contributed by atoms with Crippen LogP contribution in [0.4, 0.5) is 0 Å². The summed E-state index contributed by atoms with van der Waals surface area (Å²) in [6.07, 6.45) is 5.24. The van der Waals surface area contributed by atoms with Crippen LogP contribution in [0.15, 0.2) is 24.3 Å². The molecule has 5 rings (SSSR count). The van der Waals surface area contributed by atoms with E-state index in [1.54, 1.807) is 9.80 Å². The molecule has 0 spiro atoms. The molecule has 4 aliphatic rings. The first-order valence-electron chi connectivity index (χ1n) is 9.98. The Hall–Kier alpha value is -0.900. The predicted molar refractivity (Wildman–Crippen MR) is 96.0 cm³/mol. The van der Waals surface area contributed by atoms with Crippen LogP contribution in [0.1, 0.15) is 56.8 Å². The van der Waals surface area contributed by atoms with Crippen LogP contribution in [0.2, 0.25) is 0 Å². The number of nitrogens with one attached hydrogen (secondary N) is 2. The van der Waals surface area contributed by atoms with Gasteiger partial charge in [0.05, 0.1) is 48.7 Å². The maximum Gasteiger partial charge on any atom is 0.240 e. The lowest BCUT2D eigenvalue weighted by Gasteiger charge is -2.64. The molecule has 0 atom stereocenters. The molecule has 1 aromatic carbocycles. The lowest BCUT2D eigenvalue weighted by atomic mass is 9.56. The third-order valence-corrected chi connectivity index (χ3v) is 7.29. The Morgan fingerprint density at radius 2 is 1.46 bits per heavy atom. The highest BCUT2D eigenvalue weighted by atomic mass is 16.3. The minimum Gasteiger partial charge on any atom is -0.391 e. The summed E-state index contributed by atoms with van der Waals surface area (Å²) in [4.78, 5) is 3.48. The van der Waals surface area contributed by atoms with Gasteiger partial charge in [0.25, 0.3) is 0 Å². The first-order valence-corrected chi connectivity index (χ1v) is 9.98. The molecule has 132 valence electrons. The molecule has 1 aromatic rings. The van der Waals surface area contributed by atoms with E-state index in [2.05, 4.69) is 45.0 Å². The van der Waals surface area contributed by atoms with Gasteiger partial charge in [0.1, 0.15) is 0 Å². The smallest absolute Gasteiger partial charge is 0.240 e. The van der Waals surface area contributed by atoms with Gasteiger partial charge in [-0.1, -0.05) is 44.9 Å². The van der Waals surface area contributed by atoms with E-state index in [1.165, 1.54) is 36.8 Å². The Morgan fingerprint density at radius 1 is 0.958 bits per heavy atom. The van der Waals surface area contributed by atoms with E-state index in [1.807, 2.05) is 0 Å². The molecule has 0 aliphatic carbocycles. The van der Waals surface area contributed by atoms with Crippen molar-refractivity contribution >= 4 is 0 Å². The van der Waals surface area contributed by atoms with Crippen LogP contribution in [-0.2, 0) is 0 Å². The van der Waals surface area contributed by atoms with Crippen LogP contribution in [0, 0.1) is 17.8 Å². The zero-order valence-corrected chi connectivity index (χ0v) is 15.6. The monoisotopic (exact) mass is 330 g/mol. The Kier molecular flexibility index (Phi) is 4.02. The van der Waals surface area contributed by atoms with Crippen LogP contribution in [-0.4, -0.2) is 37.4 Å². The van der Waals surface area contributed by atoms with E-state index >= 15 is 0 Å². The molecule has 0 radical (unpaired) electrons. The zero-order chi connectivity index (χ0) is 16.9. The molecular formula is C21H34N2O+2.